The van der Waals surface area contributed by atoms with Gasteiger partial charge in [0, 0.05) is 8.41 Å². The largest absolute Gasteiger partial charge is 2.00 e. The second kappa shape index (κ2) is 18.1. The van der Waals surface area contributed by atoms with Gasteiger partial charge in [-0.05, 0) is 0 Å². The number of carbonyl (C=O) groups excluding carboxylic acids is 1. The van der Waals surface area contributed by atoms with Crippen molar-refractivity contribution < 1.29 is 45.3 Å². The van der Waals surface area contributed by atoms with Gasteiger partial charge in [0.15, 0.2) is 0 Å². The zero-order valence-corrected chi connectivity index (χ0v) is 10.7. The molecule has 1 N–H and O–H groups in total. The van der Waals surface area contributed by atoms with Gasteiger partial charge in [0.1, 0.15) is 0 Å². The van der Waals surface area contributed by atoms with Crippen LogP contribution in [-0.4, -0.2) is 109 Å². The second-order valence-electron chi connectivity index (χ2n) is 0.710. The number of carboxylic acids is 1. The smallest absolute Gasteiger partial charge is 1.00 e. The summed E-state index contributed by atoms with van der Waals surface area (Å²) >= 11 is 0. The summed E-state index contributed by atoms with van der Waals surface area (Å²) in [5, 5.41) is 7.63. The van der Waals surface area contributed by atoms with E-state index in [1.54, 1.807) is 0 Å². The van der Waals surface area contributed by atoms with Crippen LogP contribution in [0.3, 0.4) is 0 Å². The molecular weight excluding hydrogens is 197 g/mol. The van der Waals surface area contributed by atoms with E-state index in [1.165, 1.54) is 0 Å². The molecule has 0 unspecified atom stereocenters. The first-order valence-corrected chi connectivity index (χ1v) is 1.32. The molecule has 0 aromatic rings. The topological polar surface area (TPSA) is 63.6 Å². The van der Waals surface area contributed by atoms with E-state index in [9.17, 15) is 9.59 Å². The molecule has 0 amide bonds. The Bertz CT molecular complexity index is 127. The maximum Gasteiger partial charge on any atom is 2.00 e. The van der Waals surface area contributed by atoms with Gasteiger partial charge in [-0.2, -0.15) is 0 Å². The molecule has 4 nitrogen and oxygen atoms in total. The van der Waals surface area contributed by atoms with Crippen molar-refractivity contribution >= 4 is 104 Å². The Labute approximate surface area is 147 Å². The Hall–Kier alpha value is 2.19. The summed E-state index contributed by atoms with van der Waals surface area (Å²) in [6.07, 6.45) is 0. The number of aliphatic carboxylic acids is 1. The van der Waals surface area contributed by atoms with Gasteiger partial charge in [0.2, 0.25) is 0 Å². The van der Waals surface area contributed by atoms with E-state index >= 15 is 0 Å². The fourth-order valence-electron chi connectivity index (χ4n) is 0.0504. The van der Waals surface area contributed by atoms with Crippen LogP contribution < -0.4 is 18.9 Å². The molecule has 5 radical (unpaired) electrons. The molecule has 11 heavy (non-hydrogen) atoms. The molecule has 0 fully saturated rings. The van der Waals surface area contributed by atoms with Crippen LogP contribution >= 0.6 is 0 Å². The van der Waals surface area contributed by atoms with Crippen molar-refractivity contribution in [3.63, 3.8) is 0 Å². The average Bonchev–Trinajstić information content (AvgIpc) is 1.65. The maximum atomic E-state index is 9.56. The number of rotatable bonds is 0. The molecule has 0 atom stereocenters. The first-order chi connectivity index (χ1) is 3.18. The summed E-state index contributed by atoms with van der Waals surface area (Å²) in [6.45, 7) is 0. The maximum absolute atomic E-state index is 9.56. The van der Waals surface area contributed by atoms with Crippen LogP contribution in [0, 0.1) is 0 Å². The Morgan fingerprint density at radius 2 is 1.64 bits per heavy atom. The summed E-state index contributed by atoms with van der Waals surface area (Å²) in [5.41, 5.74) is 0. The zero-order valence-electron chi connectivity index (χ0n) is 11.2. The third-order valence-corrected chi connectivity index (χ3v) is 0.282. The van der Waals surface area contributed by atoms with Gasteiger partial charge >= 0.3 is 114 Å². The van der Waals surface area contributed by atoms with Crippen LogP contribution in [0.15, 0.2) is 0 Å². The van der Waals surface area contributed by atoms with Gasteiger partial charge in [-0.15, -0.1) is 0 Å². The minimum absolute atomic E-state index is 0. The number of hydrogen-bond donors (Lipinski definition) is 1. The van der Waals surface area contributed by atoms with Gasteiger partial charge in [-0.3, -0.25) is 0 Å². The fraction of sp³-hybridized carbons (Fsp3) is 0. The number of carbonyl (C=O) groups is 2. The third-order valence-electron chi connectivity index (χ3n) is 0.282. The fourth-order valence-corrected chi connectivity index (χ4v) is 0.0504. The second-order valence-corrected chi connectivity index (χ2v) is 0.710. The quantitative estimate of drug-likeness (QED) is 0.316. The van der Waals surface area contributed by atoms with E-state index in [-0.39, 0.29) is 110 Å². The molecule has 0 bridgehead atoms. The minimum atomic E-state index is -1.69. The average molecular weight is 203 g/mol. The summed E-state index contributed by atoms with van der Waals surface area (Å²) in [4.78, 5) is 18.9. The molecule has 0 heterocycles. The van der Waals surface area contributed by atoms with Crippen LogP contribution in [0.4, 0.5) is 0 Å². The molecule has 9 heteroatoms. The molecular formula is C2H6B2Ca2LiO4. The Balaban J connectivity index is -0.00000000500. The normalized spacial score (nSPS) is 4.73. The summed E-state index contributed by atoms with van der Waals surface area (Å²) < 4.78 is 3.27. The first kappa shape index (κ1) is 29.2. The van der Waals surface area contributed by atoms with E-state index < -0.39 is 11.9 Å². The van der Waals surface area contributed by atoms with Crippen molar-refractivity contribution in [2.24, 2.45) is 0 Å². The van der Waals surface area contributed by atoms with Gasteiger partial charge in [-0.25, -0.2) is 9.59 Å². The van der Waals surface area contributed by atoms with E-state index in [4.69, 9.17) is 5.11 Å². The van der Waals surface area contributed by atoms with E-state index in [2.05, 4.69) is 12.7 Å². The predicted octanol–water partition coefficient (Wildman–Crippen LogP) is -4.88. The SMILES string of the molecule is [B].[B]OC(=O)C(=O)O.[Ca+2].[Ca+2].[H-].[H-].[H-].[H-].[H-].[Li+]. The van der Waals surface area contributed by atoms with Crippen molar-refractivity contribution in [2.75, 3.05) is 0 Å². The van der Waals surface area contributed by atoms with Crippen molar-refractivity contribution in [2.45, 2.75) is 0 Å². The van der Waals surface area contributed by atoms with Crippen molar-refractivity contribution in [3.05, 3.63) is 0 Å². The monoisotopic (exact) mass is 203 g/mol. The Morgan fingerprint density at radius 1 is 1.36 bits per heavy atom. The Kier molecular flexibility index (Phi) is 48.0. The van der Waals surface area contributed by atoms with Crippen molar-refractivity contribution in [3.8, 4) is 0 Å². The van der Waals surface area contributed by atoms with Crippen LogP contribution in [0.1, 0.15) is 7.13 Å². The van der Waals surface area contributed by atoms with Gasteiger partial charge < -0.3 is 16.9 Å². The molecule has 0 aromatic carbocycles. The van der Waals surface area contributed by atoms with Crippen LogP contribution in [0.2, 0.25) is 0 Å². The molecule has 0 rings (SSSR count). The van der Waals surface area contributed by atoms with E-state index in [1.807, 2.05) is 0 Å². The standard InChI is InChI=1S/C2HBO4.B.2Ca.Li.5H/c3-7-2(6)1(4)5;;;;;;;;;/h(H,4,5);;;;;;;;;/q;;2*+2;+1;5*-1. The van der Waals surface area contributed by atoms with Gasteiger partial charge in [0.05, 0.1) is 0 Å². The van der Waals surface area contributed by atoms with Crippen LogP contribution in [-0.2, 0) is 14.2 Å². The molecule has 0 aliphatic heterocycles. The molecule has 0 aliphatic carbocycles. The summed E-state index contributed by atoms with van der Waals surface area (Å²) in [6, 6.07) is 0. The molecule has 49 valence electrons. The molecule has 0 saturated carbocycles. The van der Waals surface area contributed by atoms with Crippen molar-refractivity contribution in [1.82, 2.24) is 0 Å². The molecule has 0 spiro atoms. The minimum Gasteiger partial charge on any atom is -1.00 e. The summed E-state index contributed by atoms with van der Waals surface area (Å²) in [5.74, 6) is -3.15. The molecule has 0 aromatic heterocycles. The molecule has 0 aliphatic rings. The van der Waals surface area contributed by atoms with Gasteiger partial charge in [0.25, 0.3) is 0 Å². The van der Waals surface area contributed by atoms with Gasteiger partial charge in [-0.1, -0.05) is 0 Å². The van der Waals surface area contributed by atoms with Crippen LogP contribution in [0.25, 0.3) is 0 Å². The number of carboxylic acid groups (broad SMARTS) is 1. The summed E-state index contributed by atoms with van der Waals surface area (Å²) in [7, 11) is 4.14. The zero-order chi connectivity index (χ0) is 5.86. The first-order valence-electron chi connectivity index (χ1n) is 1.32. The van der Waals surface area contributed by atoms with Crippen LogP contribution in [0.5, 0.6) is 0 Å². The molecule has 0 saturated heterocycles. The predicted molar refractivity (Wildman–Crippen MR) is 42.3 cm³/mol. The van der Waals surface area contributed by atoms with E-state index in [0.717, 1.165) is 0 Å². The number of hydrogen-bond acceptors (Lipinski definition) is 3. The van der Waals surface area contributed by atoms with Crippen molar-refractivity contribution in [1.29, 1.82) is 0 Å². The Morgan fingerprint density at radius 3 is 1.64 bits per heavy atom. The van der Waals surface area contributed by atoms with E-state index in [0.29, 0.717) is 0 Å². The third kappa shape index (κ3) is 18.9.